The van der Waals surface area contributed by atoms with Crippen LogP contribution in [0.2, 0.25) is 0 Å². The van der Waals surface area contributed by atoms with Gasteiger partial charge < -0.3 is 4.90 Å². The smallest absolute Gasteiger partial charge is 0.0640 e. The van der Waals surface area contributed by atoms with Crippen LogP contribution in [0.1, 0.15) is 25.7 Å². The highest BCUT2D eigenvalue weighted by Crippen LogP contribution is 2.32. The van der Waals surface area contributed by atoms with Crippen LogP contribution in [0.3, 0.4) is 0 Å². The normalized spacial score (nSPS) is 14.4. The quantitative estimate of drug-likeness (QED) is 0.727. The Bertz CT molecular complexity index is 349. The van der Waals surface area contributed by atoms with E-state index >= 15 is 0 Å². The van der Waals surface area contributed by atoms with Crippen molar-refractivity contribution in [3.8, 4) is 6.07 Å². The summed E-state index contributed by atoms with van der Waals surface area (Å²) in [6.07, 6.45) is 4.70. The second-order valence-corrected chi connectivity index (χ2v) is 4.46. The van der Waals surface area contributed by atoms with Gasteiger partial charge in [-0.2, -0.15) is 5.26 Å². The van der Waals surface area contributed by atoms with Crippen molar-refractivity contribution in [1.29, 1.82) is 5.26 Å². The average molecular weight is 214 g/mol. The molecule has 0 amide bonds. The number of benzene rings is 1. The molecular formula is C14H18N2. The minimum atomic E-state index is 0.611. The predicted molar refractivity (Wildman–Crippen MR) is 66.2 cm³/mol. The van der Waals surface area contributed by atoms with E-state index in [1.807, 2.05) is 6.07 Å². The van der Waals surface area contributed by atoms with Crippen LogP contribution in [0, 0.1) is 17.2 Å². The van der Waals surface area contributed by atoms with E-state index in [1.165, 1.54) is 24.9 Å². The van der Waals surface area contributed by atoms with E-state index in [2.05, 4.69) is 35.2 Å². The Morgan fingerprint density at radius 1 is 1.19 bits per heavy atom. The lowest BCUT2D eigenvalue weighted by Gasteiger charge is -2.23. The van der Waals surface area contributed by atoms with Crippen LogP contribution in [0.15, 0.2) is 30.3 Å². The average Bonchev–Trinajstić information content (AvgIpc) is 3.14. The molecule has 0 radical (unpaired) electrons. The molecule has 0 aliphatic heterocycles. The highest BCUT2D eigenvalue weighted by atomic mass is 15.1. The van der Waals surface area contributed by atoms with Crippen molar-refractivity contribution in [2.24, 2.45) is 5.92 Å². The third-order valence-electron chi connectivity index (χ3n) is 3.12. The van der Waals surface area contributed by atoms with Gasteiger partial charge in [-0.3, -0.25) is 0 Å². The molecule has 1 aromatic carbocycles. The monoisotopic (exact) mass is 214 g/mol. The minimum Gasteiger partial charge on any atom is -0.370 e. The Hall–Kier alpha value is -1.49. The van der Waals surface area contributed by atoms with Gasteiger partial charge in [-0.05, 0) is 24.5 Å². The van der Waals surface area contributed by atoms with Crippen molar-refractivity contribution in [2.45, 2.75) is 25.7 Å². The van der Waals surface area contributed by atoms with E-state index in [0.717, 1.165) is 19.0 Å². The Kier molecular flexibility index (Phi) is 3.82. The first-order valence-corrected chi connectivity index (χ1v) is 6.07. The van der Waals surface area contributed by atoms with Crippen molar-refractivity contribution in [1.82, 2.24) is 0 Å². The second kappa shape index (κ2) is 5.55. The largest absolute Gasteiger partial charge is 0.370 e. The predicted octanol–water partition coefficient (Wildman–Crippen LogP) is 3.21. The molecule has 2 heteroatoms. The number of hydrogen-bond donors (Lipinski definition) is 0. The van der Waals surface area contributed by atoms with Crippen LogP contribution in [0.4, 0.5) is 5.69 Å². The number of nitriles is 1. The summed E-state index contributed by atoms with van der Waals surface area (Å²) in [6, 6.07) is 12.6. The van der Waals surface area contributed by atoms with E-state index < -0.39 is 0 Å². The zero-order valence-corrected chi connectivity index (χ0v) is 9.60. The molecule has 0 atom stereocenters. The SMILES string of the molecule is N#CCCN(CCC1CC1)c1ccccc1. The molecule has 1 fully saturated rings. The van der Waals surface area contributed by atoms with E-state index in [-0.39, 0.29) is 0 Å². The Balaban J connectivity index is 1.92. The van der Waals surface area contributed by atoms with Gasteiger partial charge in [-0.1, -0.05) is 31.0 Å². The van der Waals surface area contributed by atoms with Gasteiger partial charge in [0.1, 0.15) is 0 Å². The van der Waals surface area contributed by atoms with E-state index in [9.17, 15) is 0 Å². The van der Waals surface area contributed by atoms with Gasteiger partial charge in [0, 0.05) is 18.8 Å². The van der Waals surface area contributed by atoms with Crippen LogP contribution < -0.4 is 4.90 Å². The van der Waals surface area contributed by atoms with Crippen LogP contribution in [0.5, 0.6) is 0 Å². The lowest BCUT2D eigenvalue weighted by Crippen LogP contribution is -2.25. The second-order valence-electron chi connectivity index (χ2n) is 4.46. The van der Waals surface area contributed by atoms with Gasteiger partial charge in [0.05, 0.1) is 12.5 Å². The fraction of sp³-hybridized carbons (Fsp3) is 0.500. The first kappa shape index (κ1) is 11.0. The van der Waals surface area contributed by atoms with Gasteiger partial charge >= 0.3 is 0 Å². The van der Waals surface area contributed by atoms with Crippen LogP contribution in [0.25, 0.3) is 0 Å². The maximum Gasteiger partial charge on any atom is 0.0640 e. The zero-order chi connectivity index (χ0) is 11.2. The highest BCUT2D eigenvalue weighted by Gasteiger charge is 2.21. The molecule has 2 nitrogen and oxygen atoms in total. The molecule has 2 rings (SSSR count). The highest BCUT2D eigenvalue weighted by molar-refractivity contribution is 5.45. The van der Waals surface area contributed by atoms with Crippen molar-refractivity contribution in [3.63, 3.8) is 0 Å². The number of nitrogens with zero attached hydrogens (tertiary/aromatic N) is 2. The zero-order valence-electron chi connectivity index (χ0n) is 9.60. The molecule has 0 heterocycles. The maximum atomic E-state index is 8.68. The molecule has 1 aromatic rings. The Labute approximate surface area is 97.5 Å². The maximum absolute atomic E-state index is 8.68. The van der Waals surface area contributed by atoms with Crippen molar-refractivity contribution < 1.29 is 0 Å². The molecule has 16 heavy (non-hydrogen) atoms. The molecule has 84 valence electrons. The number of rotatable bonds is 6. The molecular weight excluding hydrogens is 196 g/mol. The van der Waals surface area contributed by atoms with Crippen LogP contribution >= 0.6 is 0 Å². The van der Waals surface area contributed by atoms with Gasteiger partial charge in [0.25, 0.3) is 0 Å². The summed E-state index contributed by atoms with van der Waals surface area (Å²) in [5.74, 6) is 0.952. The first-order chi connectivity index (χ1) is 7.90. The summed E-state index contributed by atoms with van der Waals surface area (Å²) in [4.78, 5) is 2.33. The summed E-state index contributed by atoms with van der Waals surface area (Å²) in [7, 11) is 0. The number of para-hydroxylation sites is 1. The Morgan fingerprint density at radius 2 is 1.94 bits per heavy atom. The van der Waals surface area contributed by atoms with E-state index in [0.29, 0.717) is 6.42 Å². The lowest BCUT2D eigenvalue weighted by atomic mass is 10.2. The van der Waals surface area contributed by atoms with Crippen LogP contribution in [-0.2, 0) is 0 Å². The molecule has 1 saturated carbocycles. The van der Waals surface area contributed by atoms with Gasteiger partial charge in [0.2, 0.25) is 0 Å². The summed E-state index contributed by atoms with van der Waals surface area (Å²) in [5.41, 5.74) is 1.25. The minimum absolute atomic E-state index is 0.611. The number of hydrogen-bond acceptors (Lipinski definition) is 2. The van der Waals surface area contributed by atoms with Gasteiger partial charge in [-0.15, -0.1) is 0 Å². The Morgan fingerprint density at radius 3 is 2.56 bits per heavy atom. The topological polar surface area (TPSA) is 27.0 Å². The van der Waals surface area contributed by atoms with Crippen molar-refractivity contribution in [3.05, 3.63) is 30.3 Å². The molecule has 0 saturated heterocycles. The molecule has 1 aliphatic carbocycles. The van der Waals surface area contributed by atoms with Crippen molar-refractivity contribution >= 4 is 5.69 Å². The first-order valence-electron chi connectivity index (χ1n) is 6.07. The van der Waals surface area contributed by atoms with E-state index in [1.54, 1.807) is 0 Å². The standard InChI is InChI=1S/C14H18N2/c15-10-4-11-16(12-9-13-7-8-13)14-5-2-1-3-6-14/h1-3,5-6,13H,4,7-9,11-12H2. The summed E-state index contributed by atoms with van der Waals surface area (Å²) >= 11 is 0. The lowest BCUT2D eigenvalue weighted by molar-refractivity contribution is 0.678. The summed E-state index contributed by atoms with van der Waals surface area (Å²) < 4.78 is 0. The summed E-state index contributed by atoms with van der Waals surface area (Å²) in [5, 5.41) is 8.68. The van der Waals surface area contributed by atoms with Gasteiger partial charge in [0.15, 0.2) is 0 Å². The third kappa shape index (κ3) is 3.27. The van der Waals surface area contributed by atoms with Crippen molar-refractivity contribution in [2.75, 3.05) is 18.0 Å². The molecule has 1 aliphatic rings. The fourth-order valence-electron chi connectivity index (χ4n) is 1.94. The third-order valence-corrected chi connectivity index (χ3v) is 3.12. The molecule has 0 aromatic heterocycles. The number of anilines is 1. The van der Waals surface area contributed by atoms with Crippen LogP contribution in [-0.4, -0.2) is 13.1 Å². The molecule has 0 N–H and O–H groups in total. The molecule has 0 bridgehead atoms. The molecule has 0 unspecified atom stereocenters. The van der Waals surface area contributed by atoms with Gasteiger partial charge in [-0.25, -0.2) is 0 Å². The molecule has 0 spiro atoms. The van der Waals surface area contributed by atoms with E-state index in [4.69, 9.17) is 5.26 Å². The summed E-state index contributed by atoms with van der Waals surface area (Å²) in [6.45, 7) is 1.95. The fourth-order valence-corrected chi connectivity index (χ4v) is 1.94.